The van der Waals surface area contributed by atoms with Gasteiger partial charge in [-0.3, -0.25) is 4.84 Å². The fourth-order valence-electron chi connectivity index (χ4n) is 8.73. The first-order valence-electron chi connectivity index (χ1n) is 14.2. The molecule has 34 heavy (non-hydrogen) atoms. The summed E-state index contributed by atoms with van der Waals surface area (Å²) in [5, 5.41) is 24.5. The van der Waals surface area contributed by atoms with Crippen molar-refractivity contribution < 1.29 is 15.1 Å². The molecule has 2 N–H and O–H groups in total. The molecule has 0 amide bonds. The van der Waals surface area contributed by atoms with Crippen LogP contribution >= 0.6 is 0 Å². The van der Waals surface area contributed by atoms with Gasteiger partial charge < -0.3 is 15.1 Å². The molecule has 4 fully saturated rings. The van der Waals surface area contributed by atoms with Gasteiger partial charge in [-0.05, 0) is 120 Å². The maximum Gasteiger partial charge on any atom is 0.0737 e. The van der Waals surface area contributed by atoms with Crippen molar-refractivity contribution in [3.63, 3.8) is 0 Å². The summed E-state index contributed by atoms with van der Waals surface area (Å²) in [7, 11) is 6.25. The molecule has 0 aromatic rings. The summed E-state index contributed by atoms with van der Waals surface area (Å²) in [4.78, 5) is 8.09. The number of aliphatic hydroxyl groups is 2. The third kappa shape index (κ3) is 4.89. The van der Waals surface area contributed by atoms with E-state index in [9.17, 15) is 10.2 Å². The average molecular weight is 477 g/mol. The highest BCUT2D eigenvalue weighted by Gasteiger charge is 2.66. The number of fused-ring (bicyclic) bond motifs is 5. The van der Waals surface area contributed by atoms with Crippen molar-refractivity contribution >= 4 is 0 Å². The molecule has 0 saturated heterocycles. The first kappa shape index (κ1) is 26.6. The van der Waals surface area contributed by atoms with Crippen LogP contribution in [0.5, 0.6) is 0 Å². The summed E-state index contributed by atoms with van der Waals surface area (Å²) in [6.45, 7) is 7.57. The third-order valence-corrected chi connectivity index (χ3v) is 10.9. The van der Waals surface area contributed by atoms with Crippen LogP contribution in [0.1, 0.15) is 84.5 Å². The largest absolute Gasteiger partial charge is 0.393 e. The van der Waals surface area contributed by atoms with Crippen molar-refractivity contribution in [1.82, 2.24) is 9.96 Å². The number of unbranched alkanes of at least 4 members (excludes halogenated alkanes) is 1. The number of hydroxylamine groups is 2. The van der Waals surface area contributed by atoms with Crippen LogP contribution in [0.3, 0.4) is 0 Å². The van der Waals surface area contributed by atoms with Crippen molar-refractivity contribution in [2.24, 2.45) is 34.5 Å². The summed E-state index contributed by atoms with van der Waals surface area (Å²) in [6, 6.07) is 0. The fraction of sp³-hybridized carbons (Fsp3) is 0.931. The molecule has 0 aromatic heterocycles. The zero-order chi connectivity index (χ0) is 24.6. The van der Waals surface area contributed by atoms with Crippen molar-refractivity contribution in [3.8, 4) is 0 Å². The minimum Gasteiger partial charge on any atom is -0.393 e. The van der Waals surface area contributed by atoms with Crippen LogP contribution in [0, 0.1) is 34.5 Å². The number of rotatable bonds is 9. The van der Waals surface area contributed by atoms with E-state index in [1.54, 1.807) is 0 Å². The Morgan fingerprint density at radius 2 is 1.74 bits per heavy atom. The monoisotopic (exact) mass is 476 g/mol. The number of allylic oxidation sites excluding steroid dienone is 1. The van der Waals surface area contributed by atoms with E-state index in [0.717, 1.165) is 77.5 Å². The lowest BCUT2D eigenvalue weighted by Crippen LogP contribution is -2.62. The molecular formula is C29H52N2O3. The van der Waals surface area contributed by atoms with E-state index in [4.69, 9.17) is 4.84 Å². The van der Waals surface area contributed by atoms with Crippen LogP contribution in [-0.2, 0) is 4.84 Å². The van der Waals surface area contributed by atoms with E-state index in [1.807, 2.05) is 12.1 Å². The molecule has 4 aliphatic carbocycles. The van der Waals surface area contributed by atoms with E-state index in [1.165, 1.54) is 12.8 Å². The molecule has 4 aliphatic rings. The molecule has 5 nitrogen and oxygen atoms in total. The summed E-state index contributed by atoms with van der Waals surface area (Å²) in [5.41, 5.74) is -0.253. The van der Waals surface area contributed by atoms with Crippen LogP contribution in [-0.4, -0.2) is 72.7 Å². The maximum atomic E-state index is 12.3. The third-order valence-electron chi connectivity index (χ3n) is 10.9. The molecule has 4 saturated carbocycles. The van der Waals surface area contributed by atoms with Crippen LogP contribution in [0.25, 0.3) is 0 Å². The van der Waals surface area contributed by atoms with Gasteiger partial charge in [0, 0.05) is 19.0 Å². The van der Waals surface area contributed by atoms with Gasteiger partial charge in [-0.15, -0.1) is 0 Å². The van der Waals surface area contributed by atoms with Gasteiger partial charge in [-0.2, -0.15) is 5.06 Å². The highest BCUT2D eigenvalue weighted by atomic mass is 16.7. The number of likely N-dealkylation sites (N-methyl/N-ethyl adjacent to an activating group) is 1. The van der Waals surface area contributed by atoms with Gasteiger partial charge in [0.15, 0.2) is 0 Å². The van der Waals surface area contributed by atoms with E-state index in [2.05, 4.69) is 45.0 Å². The van der Waals surface area contributed by atoms with Gasteiger partial charge in [0.1, 0.15) is 0 Å². The van der Waals surface area contributed by atoms with Gasteiger partial charge in [0.25, 0.3) is 0 Å². The molecule has 0 spiro atoms. The van der Waals surface area contributed by atoms with E-state index in [0.29, 0.717) is 29.1 Å². The second-order valence-corrected chi connectivity index (χ2v) is 13.0. The molecule has 5 heteroatoms. The number of aliphatic hydroxyl groups excluding tert-OH is 1. The molecule has 3 unspecified atom stereocenters. The summed E-state index contributed by atoms with van der Waals surface area (Å²) >= 11 is 0. The maximum absolute atomic E-state index is 12.3. The Morgan fingerprint density at radius 3 is 2.50 bits per heavy atom. The zero-order valence-corrected chi connectivity index (χ0v) is 22.6. The van der Waals surface area contributed by atoms with Gasteiger partial charge in [0.05, 0.1) is 18.3 Å². The summed E-state index contributed by atoms with van der Waals surface area (Å²) in [5.74, 6) is 2.13. The molecular weight excluding hydrogens is 424 g/mol. The standard InChI is InChI=1S/C29H52N2O3/c1-27-15-13-24(32)21-23(27)10-11-26-25(27)14-16-28(2)22(12-17-29(26,28)33)9-8-19-31(5)34-20-7-6-18-30(3)4/h8-9,22-26,32-33H,6-7,10-21H2,1-5H3/b9-8+/t22?,23?,24?,25-,26-,27+,28-,29-/m1/s1. The SMILES string of the molecule is CN(C)CCCCON(C)C/C=C/C1CC[C@@]2(O)[C@@H]3CCC4CC(O)CC[C@]4(C)[C@@H]3CC[C@]12C. The first-order valence-corrected chi connectivity index (χ1v) is 14.2. The molecule has 4 rings (SSSR count). The lowest BCUT2D eigenvalue weighted by atomic mass is 9.43. The molecule has 8 atom stereocenters. The minimum atomic E-state index is -0.538. The molecule has 0 radical (unpaired) electrons. The lowest BCUT2D eigenvalue weighted by molar-refractivity contribution is -0.207. The van der Waals surface area contributed by atoms with E-state index >= 15 is 0 Å². The Kier molecular flexibility index (Phi) is 8.21. The van der Waals surface area contributed by atoms with Gasteiger partial charge >= 0.3 is 0 Å². The predicted molar refractivity (Wildman–Crippen MR) is 138 cm³/mol. The summed E-state index contributed by atoms with van der Waals surface area (Å²) < 4.78 is 0. The first-order chi connectivity index (χ1) is 16.1. The molecule has 0 bridgehead atoms. The lowest BCUT2D eigenvalue weighted by Gasteiger charge is -2.63. The number of nitrogens with zero attached hydrogens (tertiary/aromatic N) is 2. The van der Waals surface area contributed by atoms with Crippen molar-refractivity contribution in [3.05, 3.63) is 12.2 Å². The fourth-order valence-corrected chi connectivity index (χ4v) is 8.73. The summed E-state index contributed by atoms with van der Waals surface area (Å²) in [6.07, 6.45) is 16.6. The predicted octanol–water partition coefficient (Wildman–Crippen LogP) is 4.88. The van der Waals surface area contributed by atoms with Gasteiger partial charge in [-0.1, -0.05) is 26.0 Å². The smallest absolute Gasteiger partial charge is 0.0737 e. The second kappa shape index (κ2) is 10.5. The molecule has 196 valence electrons. The highest BCUT2D eigenvalue weighted by Crippen LogP contribution is 2.69. The Hall–Kier alpha value is -0.460. The van der Waals surface area contributed by atoms with Crippen molar-refractivity contribution in [1.29, 1.82) is 0 Å². The topological polar surface area (TPSA) is 56.2 Å². The van der Waals surface area contributed by atoms with E-state index < -0.39 is 5.60 Å². The molecule has 0 heterocycles. The Balaban J connectivity index is 1.34. The number of hydrogen-bond acceptors (Lipinski definition) is 5. The Labute approximate surface area is 208 Å². The number of hydrogen-bond donors (Lipinski definition) is 2. The Morgan fingerprint density at radius 1 is 0.941 bits per heavy atom. The van der Waals surface area contributed by atoms with Gasteiger partial charge in [-0.25, -0.2) is 0 Å². The molecule has 0 aromatic carbocycles. The Bertz CT molecular complexity index is 713. The van der Waals surface area contributed by atoms with Gasteiger partial charge in [0.2, 0.25) is 0 Å². The highest BCUT2D eigenvalue weighted by molar-refractivity contribution is 5.19. The van der Waals surface area contributed by atoms with Crippen molar-refractivity contribution in [2.45, 2.75) is 96.2 Å². The van der Waals surface area contributed by atoms with Crippen molar-refractivity contribution in [2.75, 3.05) is 40.8 Å². The normalized spacial score (nSPS) is 44.4. The van der Waals surface area contributed by atoms with Crippen LogP contribution in [0.15, 0.2) is 12.2 Å². The van der Waals surface area contributed by atoms with Crippen LogP contribution < -0.4 is 0 Å². The quantitative estimate of drug-likeness (QED) is 0.282. The molecule has 0 aliphatic heterocycles. The second-order valence-electron chi connectivity index (χ2n) is 13.0. The average Bonchev–Trinajstić information content (AvgIpc) is 3.05. The minimum absolute atomic E-state index is 0.0202. The van der Waals surface area contributed by atoms with Crippen LogP contribution in [0.4, 0.5) is 0 Å². The van der Waals surface area contributed by atoms with E-state index in [-0.39, 0.29) is 11.5 Å². The zero-order valence-electron chi connectivity index (χ0n) is 22.6. The van der Waals surface area contributed by atoms with Crippen LogP contribution in [0.2, 0.25) is 0 Å².